The van der Waals surface area contributed by atoms with Crippen LogP contribution in [0.1, 0.15) is 23.6 Å². The third kappa shape index (κ3) is 4.43. The second kappa shape index (κ2) is 7.93. The number of amides is 2. The van der Waals surface area contributed by atoms with Gasteiger partial charge in [0.25, 0.3) is 0 Å². The number of aryl methyl sites for hydroxylation is 1. The first-order valence-corrected chi connectivity index (χ1v) is 7.60. The fourth-order valence-electron chi connectivity index (χ4n) is 2.32. The van der Waals surface area contributed by atoms with Gasteiger partial charge in [0.05, 0.1) is 11.3 Å². The van der Waals surface area contributed by atoms with Crippen molar-refractivity contribution in [2.24, 2.45) is 0 Å². The largest absolute Gasteiger partial charge is 0.329 e. The number of rotatable bonds is 5. The summed E-state index contributed by atoms with van der Waals surface area (Å²) in [4.78, 5) is 25.6. The van der Waals surface area contributed by atoms with Crippen molar-refractivity contribution < 1.29 is 9.59 Å². The van der Waals surface area contributed by atoms with Gasteiger partial charge in [-0.2, -0.15) is 5.26 Å². The molecule has 0 aliphatic carbocycles. The summed E-state index contributed by atoms with van der Waals surface area (Å²) >= 11 is 0. The highest BCUT2D eigenvalue weighted by Crippen LogP contribution is 2.14. The van der Waals surface area contributed by atoms with E-state index in [-0.39, 0.29) is 18.4 Å². The molecule has 122 valence electrons. The number of carbonyl (C=O) groups excluding carboxylic acids is 2. The van der Waals surface area contributed by atoms with Gasteiger partial charge in [0.15, 0.2) is 0 Å². The van der Waals surface area contributed by atoms with Crippen molar-refractivity contribution in [1.82, 2.24) is 4.90 Å². The maximum Gasteiger partial charge on any atom is 0.244 e. The predicted molar refractivity (Wildman–Crippen MR) is 92.1 cm³/mol. The predicted octanol–water partition coefficient (Wildman–Crippen LogP) is 2.85. The molecule has 2 rings (SSSR count). The lowest BCUT2D eigenvalue weighted by Crippen LogP contribution is -2.36. The lowest BCUT2D eigenvalue weighted by Gasteiger charge is -2.21. The molecule has 0 saturated carbocycles. The molecule has 2 amide bonds. The molecule has 0 saturated heterocycles. The standard InChI is InChI=1S/C19H19N3O2/c1-14-7-3-4-9-17(14)12-22(15(2)23)13-19(24)21-18-10-6-5-8-16(18)11-20/h3-10H,12-13H2,1-2H3,(H,21,24). The Bertz CT molecular complexity index is 793. The molecule has 2 aromatic carbocycles. The van der Waals surface area contributed by atoms with Crippen molar-refractivity contribution in [3.63, 3.8) is 0 Å². The van der Waals surface area contributed by atoms with Crippen LogP contribution in [0.2, 0.25) is 0 Å². The van der Waals surface area contributed by atoms with Crippen LogP contribution in [-0.4, -0.2) is 23.3 Å². The molecule has 0 aromatic heterocycles. The van der Waals surface area contributed by atoms with Crippen molar-refractivity contribution in [3.8, 4) is 6.07 Å². The van der Waals surface area contributed by atoms with Crippen LogP contribution in [0.15, 0.2) is 48.5 Å². The highest BCUT2D eigenvalue weighted by molar-refractivity contribution is 5.95. The van der Waals surface area contributed by atoms with Crippen molar-refractivity contribution in [2.45, 2.75) is 20.4 Å². The van der Waals surface area contributed by atoms with Gasteiger partial charge in [0.2, 0.25) is 11.8 Å². The summed E-state index contributed by atoms with van der Waals surface area (Å²) in [6.45, 7) is 3.71. The fourth-order valence-corrected chi connectivity index (χ4v) is 2.32. The number of nitrogens with one attached hydrogen (secondary N) is 1. The molecule has 0 fully saturated rings. The second-order valence-corrected chi connectivity index (χ2v) is 5.51. The Morgan fingerprint density at radius 2 is 1.79 bits per heavy atom. The van der Waals surface area contributed by atoms with E-state index in [0.717, 1.165) is 11.1 Å². The topological polar surface area (TPSA) is 73.2 Å². The van der Waals surface area contributed by atoms with Gasteiger partial charge in [-0.15, -0.1) is 0 Å². The van der Waals surface area contributed by atoms with Gasteiger partial charge < -0.3 is 10.2 Å². The Labute approximate surface area is 141 Å². The van der Waals surface area contributed by atoms with Crippen LogP contribution >= 0.6 is 0 Å². The average Bonchev–Trinajstić information content (AvgIpc) is 2.56. The quantitative estimate of drug-likeness (QED) is 0.920. The number of benzene rings is 2. The number of nitriles is 1. The SMILES string of the molecule is CC(=O)N(CC(=O)Nc1ccccc1C#N)Cc1ccccc1C. The van der Waals surface area contributed by atoms with Crippen molar-refractivity contribution in [2.75, 3.05) is 11.9 Å². The van der Waals surface area contributed by atoms with Gasteiger partial charge in [-0.3, -0.25) is 9.59 Å². The Morgan fingerprint density at radius 1 is 1.12 bits per heavy atom. The van der Waals surface area contributed by atoms with Gasteiger partial charge in [0, 0.05) is 13.5 Å². The smallest absolute Gasteiger partial charge is 0.244 e. The van der Waals surface area contributed by atoms with Crippen LogP contribution in [0.4, 0.5) is 5.69 Å². The molecule has 0 aliphatic rings. The first-order valence-electron chi connectivity index (χ1n) is 7.60. The molecule has 2 aromatic rings. The Balaban J connectivity index is 2.08. The zero-order chi connectivity index (χ0) is 17.5. The summed E-state index contributed by atoms with van der Waals surface area (Å²) in [7, 11) is 0. The number of hydrogen-bond acceptors (Lipinski definition) is 3. The van der Waals surface area contributed by atoms with Gasteiger partial charge in [0.1, 0.15) is 12.6 Å². The van der Waals surface area contributed by atoms with E-state index < -0.39 is 0 Å². The average molecular weight is 321 g/mol. The number of anilines is 1. The highest BCUT2D eigenvalue weighted by Gasteiger charge is 2.16. The van der Waals surface area contributed by atoms with Crippen molar-refractivity contribution in [1.29, 1.82) is 5.26 Å². The minimum atomic E-state index is -0.332. The number of nitrogens with zero attached hydrogens (tertiary/aromatic N) is 2. The Hall–Kier alpha value is -3.13. The van der Waals surface area contributed by atoms with E-state index >= 15 is 0 Å². The van der Waals surface area contributed by atoms with Gasteiger partial charge in [-0.25, -0.2) is 0 Å². The second-order valence-electron chi connectivity index (χ2n) is 5.51. The molecule has 24 heavy (non-hydrogen) atoms. The van der Waals surface area contributed by atoms with E-state index in [1.165, 1.54) is 11.8 Å². The highest BCUT2D eigenvalue weighted by atomic mass is 16.2. The molecule has 5 heteroatoms. The molecule has 0 radical (unpaired) electrons. The lowest BCUT2D eigenvalue weighted by atomic mass is 10.1. The molecule has 0 spiro atoms. The summed E-state index contributed by atoms with van der Waals surface area (Å²) < 4.78 is 0. The van der Waals surface area contributed by atoms with E-state index in [4.69, 9.17) is 5.26 Å². The summed E-state index contributed by atoms with van der Waals surface area (Å²) in [6.07, 6.45) is 0. The third-order valence-electron chi connectivity index (χ3n) is 3.72. The molecule has 1 N–H and O–H groups in total. The van der Waals surface area contributed by atoms with Crippen LogP contribution < -0.4 is 5.32 Å². The summed E-state index contributed by atoms with van der Waals surface area (Å²) in [5.41, 5.74) is 2.90. The van der Waals surface area contributed by atoms with Crippen molar-refractivity contribution in [3.05, 3.63) is 65.2 Å². The maximum atomic E-state index is 12.3. The third-order valence-corrected chi connectivity index (χ3v) is 3.72. The van der Waals surface area contributed by atoms with Gasteiger partial charge in [-0.1, -0.05) is 36.4 Å². The number of para-hydroxylation sites is 1. The fraction of sp³-hybridized carbons (Fsp3) is 0.211. The van der Waals surface area contributed by atoms with E-state index in [0.29, 0.717) is 17.8 Å². The molecule has 0 atom stereocenters. The molecular weight excluding hydrogens is 302 g/mol. The zero-order valence-electron chi connectivity index (χ0n) is 13.7. The normalized spacial score (nSPS) is 9.88. The number of carbonyl (C=O) groups is 2. The number of hydrogen-bond donors (Lipinski definition) is 1. The van der Waals surface area contributed by atoms with Crippen LogP contribution in [-0.2, 0) is 16.1 Å². The van der Waals surface area contributed by atoms with Crippen molar-refractivity contribution >= 4 is 17.5 Å². The van der Waals surface area contributed by atoms with E-state index in [1.807, 2.05) is 37.3 Å². The van der Waals surface area contributed by atoms with Crippen LogP contribution in [0.5, 0.6) is 0 Å². The van der Waals surface area contributed by atoms with E-state index in [2.05, 4.69) is 5.32 Å². The monoisotopic (exact) mass is 321 g/mol. The molecule has 5 nitrogen and oxygen atoms in total. The van der Waals surface area contributed by atoms with E-state index in [1.54, 1.807) is 24.3 Å². The molecule has 0 unspecified atom stereocenters. The first kappa shape index (κ1) is 17.2. The minimum absolute atomic E-state index is 0.0660. The van der Waals surface area contributed by atoms with Crippen LogP contribution in [0, 0.1) is 18.3 Å². The van der Waals surface area contributed by atoms with E-state index in [9.17, 15) is 9.59 Å². The Morgan fingerprint density at radius 3 is 2.46 bits per heavy atom. The zero-order valence-corrected chi connectivity index (χ0v) is 13.7. The summed E-state index contributed by atoms with van der Waals surface area (Å²) in [5.74, 6) is -0.511. The van der Waals surface area contributed by atoms with Crippen LogP contribution in [0.25, 0.3) is 0 Å². The maximum absolute atomic E-state index is 12.3. The van der Waals surface area contributed by atoms with Crippen LogP contribution in [0.3, 0.4) is 0 Å². The lowest BCUT2D eigenvalue weighted by molar-refractivity contribution is -0.133. The first-order chi connectivity index (χ1) is 11.5. The minimum Gasteiger partial charge on any atom is -0.329 e. The molecule has 0 heterocycles. The van der Waals surface area contributed by atoms with Gasteiger partial charge >= 0.3 is 0 Å². The Kier molecular flexibility index (Phi) is 5.69. The molecular formula is C19H19N3O2. The molecule has 0 aliphatic heterocycles. The molecule has 0 bridgehead atoms. The summed E-state index contributed by atoms with van der Waals surface area (Å²) in [5, 5.41) is 11.8. The van der Waals surface area contributed by atoms with Gasteiger partial charge in [-0.05, 0) is 30.2 Å². The summed E-state index contributed by atoms with van der Waals surface area (Å²) in [6, 6.07) is 16.5.